The van der Waals surface area contributed by atoms with Crippen molar-refractivity contribution in [3.8, 4) is 0 Å². The topological polar surface area (TPSA) is 28.2 Å². The average molecular weight is 259 g/mol. The molecule has 0 amide bonds. The lowest BCUT2D eigenvalue weighted by Gasteiger charge is -2.29. The second kappa shape index (κ2) is 5.91. The third-order valence-corrected chi connectivity index (χ3v) is 4.79. The summed E-state index contributed by atoms with van der Waals surface area (Å²) in [7, 11) is 1.93. The summed E-state index contributed by atoms with van der Waals surface area (Å²) in [5, 5.41) is 3.13. The number of rotatable bonds is 4. The summed E-state index contributed by atoms with van der Waals surface area (Å²) in [6.45, 7) is 2.28. The summed E-state index contributed by atoms with van der Waals surface area (Å²) in [4.78, 5) is 7.34. The molecule has 1 unspecified atom stereocenters. The van der Waals surface area contributed by atoms with Gasteiger partial charge in [-0.2, -0.15) is 0 Å². The minimum absolute atomic E-state index is 0.822. The largest absolute Gasteiger partial charge is 0.373 e. The van der Waals surface area contributed by atoms with Crippen LogP contribution in [0.15, 0.2) is 18.2 Å². The zero-order valence-electron chi connectivity index (χ0n) is 11.9. The second-order valence-electron chi connectivity index (χ2n) is 5.99. The van der Waals surface area contributed by atoms with E-state index in [9.17, 15) is 0 Å². The normalized spacial score (nSPS) is 25.0. The van der Waals surface area contributed by atoms with Crippen LogP contribution in [0.5, 0.6) is 0 Å². The first-order chi connectivity index (χ1) is 9.36. The van der Waals surface area contributed by atoms with Crippen LogP contribution in [0, 0.1) is 5.92 Å². The fraction of sp³-hybridized carbons (Fsp3) is 0.688. The smallest absolute Gasteiger partial charge is 0.126 e. The summed E-state index contributed by atoms with van der Waals surface area (Å²) in [5.74, 6) is 1.93. The van der Waals surface area contributed by atoms with Crippen LogP contribution in [0.4, 0.5) is 5.82 Å². The van der Waals surface area contributed by atoms with E-state index in [1.54, 1.807) is 0 Å². The van der Waals surface area contributed by atoms with Gasteiger partial charge in [-0.05, 0) is 50.3 Å². The zero-order chi connectivity index (χ0) is 13.1. The van der Waals surface area contributed by atoms with Gasteiger partial charge in [-0.3, -0.25) is 4.90 Å². The second-order valence-corrected chi connectivity index (χ2v) is 5.99. The van der Waals surface area contributed by atoms with Crippen LogP contribution in [-0.4, -0.2) is 29.5 Å². The molecule has 3 heteroatoms. The molecule has 1 saturated carbocycles. The van der Waals surface area contributed by atoms with Gasteiger partial charge in [0.1, 0.15) is 5.82 Å². The third-order valence-electron chi connectivity index (χ3n) is 4.79. The molecule has 3 rings (SSSR count). The van der Waals surface area contributed by atoms with Gasteiger partial charge in [0, 0.05) is 19.6 Å². The molecule has 1 aromatic heterocycles. The van der Waals surface area contributed by atoms with E-state index < -0.39 is 0 Å². The summed E-state index contributed by atoms with van der Waals surface area (Å²) in [6, 6.07) is 7.12. The van der Waals surface area contributed by atoms with Crippen molar-refractivity contribution in [2.75, 3.05) is 18.9 Å². The Morgan fingerprint density at radius 2 is 2.05 bits per heavy atom. The van der Waals surface area contributed by atoms with Gasteiger partial charge in [0.25, 0.3) is 0 Å². The Kier molecular flexibility index (Phi) is 4.02. The first-order valence-corrected chi connectivity index (χ1v) is 7.74. The van der Waals surface area contributed by atoms with E-state index in [-0.39, 0.29) is 0 Å². The van der Waals surface area contributed by atoms with Crippen LogP contribution in [-0.2, 0) is 6.54 Å². The number of hydrogen-bond donors (Lipinski definition) is 1. The molecule has 104 valence electrons. The molecule has 0 aromatic carbocycles. The molecule has 1 saturated heterocycles. The standard InChI is InChI=1S/C16H25N3/c1-17-16-10-4-8-14(18-16)12-19-11-5-9-15(19)13-6-2-3-7-13/h4,8,10,13,15H,2-3,5-7,9,11-12H2,1H3,(H,17,18). The maximum Gasteiger partial charge on any atom is 0.126 e. The van der Waals surface area contributed by atoms with Crippen molar-refractivity contribution in [3.63, 3.8) is 0 Å². The SMILES string of the molecule is CNc1cccc(CN2CCCC2C2CCCC2)n1. The minimum Gasteiger partial charge on any atom is -0.373 e. The Labute approximate surface area is 116 Å². The number of likely N-dealkylation sites (tertiary alicyclic amines) is 1. The molecule has 2 aliphatic rings. The van der Waals surface area contributed by atoms with E-state index in [1.807, 2.05) is 13.1 Å². The Morgan fingerprint density at radius 3 is 2.84 bits per heavy atom. The highest BCUT2D eigenvalue weighted by Crippen LogP contribution is 2.35. The van der Waals surface area contributed by atoms with Gasteiger partial charge in [-0.1, -0.05) is 18.9 Å². The molecule has 1 aromatic rings. The monoisotopic (exact) mass is 259 g/mol. The molecular weight excluding hydrogens is 234 g/mol. The van der Waals surface area contributed by atoms with E-state index in [1.165, 1.54) is 50.8 Å². The quantitative estimate of drug-likeness (QED) is 0.899. The zero-order valence-corrected chi connectivity index (χ0v) is 11.9. The van der Waals surface area contributed by atoms with E-state index in [0.29, 0.717) is 0 Å². The third kappa shape index (κ3) is 2.92. The van der Waals surface area contributed by atoms with Crippen molar-refractivity contribution < 1.29 is 0 Å². The predicted octanol–water partition coefficient (Wildman–Crippen LogP) is 3.28. The number of nitrogens with one attached hydrogen (secondary N) is 1. The van der Waals surface area contributed by atoms with Gasteiger partial charge in [0.05, 0.1) is 5.69 Å². The fourth-order valence-corrected chi connectivity index (χ4v) is 3.84. The van der Waals surface area contributed by atoms with Crippen molar-refractivity contribution in [2.45, 2.75) is 51.1 Å². The Morgan fingerprint density at radius 1 is 1.21 bits per heavy atom. The van der Waals surface area contributed by atoms with Crippen LogP contribution in [0.25, 0.3) is 0 Å². The molecule has 1 aliphatic heterocycles. The summed E-state index contributed by atoms with van der Waals surface area (Å²) in [6.07, 6.45) is 8.56. The van der Waals surface area contributed by atoms with E-state index in [4.69, 9.17) is 0 Å². The Bertz CT molecular complexity index is 412. The summed E-state index contributed by atoms with van der Waals surface area (Å²) >= 11 is 0. The van der Waals surface area contributed by atoms with Crippen LogP contribution < -0.4 is 5.32 Å². The first-order valence-electron chi connectivity index (χ1n) is 7.74. The maximum absolute atomic E-state index is 4.66. The van der Waals surface area contributed by atoms with Gasteiger partial charge in [0.15, 0.2) is 0 Å². The van der Waals surface area contributed by atoms with Crippen LogP contribution in [0.2, 0.25) is 0 Å². The molecule has 0 bridgehead atoms. The molecule has 1 atom stereocenters. The first kappa shape index (κ1) is 12.9. The van der Waals surface area contributed by atoms with Gasteiger partial charge >= 0.3 is 0 Å². The van der Waals surface area contributed by atoms with Crippen molar-refractivity contribution in [2.24, 2.45) is 5.92 Å². The van der Waals surface area contributed by atoms with Gasteiger partial charge in [-0.25, -0.2) is 4.98 Å². The summed E-state index contributed by atoms with van der Waals surface area (Å²) < 4.78 is 0. The number of anilines is 1. The Hall–Kier alpha value is -1.09. The van der Waals surface area contributed by atoms with Gasteiger partial charge < -0.3 is 5.32 Å². The maximum atomic E-state index is 4.66. The fourth-order valence-electron chi connectivity index (χ4n) is 3.84. The van der Waals surface area contributed by atoms with Gasteiger partial charge in [-0.15, -0.1) is 0 Å². The number of aromatic nitrogens is 1. The molecule has 0 spiro atoms. The molecular formula is C16H25N3. The van der Waals surface area contributed by atoms with Crippen LogP contribution in [0.3, 0.4) is 0 Å². The van der Waals surface area contributed by atoms with Gasteiger partial charge in [0.2, 0.25) is 0 Å². The lowest BCUT2D eigenvalue weighted by molar-refractivity contribution is 0.181. The number of hydrogen-bond acceptors (Lipinski definition) is 3. The van der Waals surface area contributed by atoms with E-state index in [2.05, 4.69) is 27.3 Å². The molecule has 1 N–H and O–H groups in total. The van der Waals surface area contributed by atoms with Crippen molar-refractivity contribution in [3.05, 3.63) is 23.9 Å². The van der Waals surface area contributed by atoms with Crippen molar-refractivity contribution >= 4 is 5.82 Å². The molecule has 2 heterocycles. The highest BCUT2D eigenvalue weighted by Gasteiger charge is 2.33. The molecule has 1 aliphatic carbocycles. The number of nitrogens with zero attached hydrogens (tertiary/aromatic N) is 2. The molecule has 19 heavy (non-hydrogen) atoms. The summed E-state index contributed by atoms with van der Waals surface area (Å²) in [5.41, 5.74) is 1.21. The highest BCUT2D eigenvalue weighted by molar-refractivity contribution is 5.34. The lowest BCUT2D eigenvalue weighted by atomic mass is 9.96. The average Bonchev–Trinajstić information content (AvgIpc) is 3.09. The molecule has 3 nitrogen and oxygen atoms in total. The predicted molar refractivity (Wildman–Crippen MR) is 79.2 cm³/mol. The molecule has 2 fully saturated rings. The number of pyridine rings is 1. The minimum atomic E-state index is 0.822. The van der Waals surface area contributed by atoms with E-state index in [0.717, 1.165) is 24.3 Å². The van der Waals surface area contributed by atoms with Crippen LogP contribution in [0.1, 0.15) is 44.2 Å². The molecule has 0 radical (unpaired) electrons. The van der Waals surface area contributed by atoms with Crippen molar-refractivity contribution in [1.29, 1.82) is 0 Å². The highest BCUT2D eigenvalue weighted by atomic mass is 15.2. The van der Waals surface area contributed by atoms with Crippen LogP contribution >= 0.6 is 0 Å². The lowest BCUT2D eigenvalue weighted by Crippen LogP contribution is -2.34. The van der Waals surface area contributed by atoms with E-state index >= 15 is 0 Å². The van der Waals surface area contributed by atoms with Crippen molar-refractivity contribution in [1.82, 2.24) is 9.88 Å². The Balaban J connectivity index is 1.67.